The van der Waals surface area contributed by atoms with Gasteiger partial charge in [-0.25, -0.2) is 0 Å². The van der Waals surface area contributed by atoms with Gasteiger partial charge in [-0.3, -0.25) is 4.79 Å². The highest BCUT2D eigenvalue weighted by Gasteiger charge is 2.21. The van der Waals surface area contributed by atoms with Crippen LogP contribution in [0.5, 0.6) is 0 Å². The van der Waals surface area contributed by atoms with Crippen molar-refractivity contribution in [3.8, 4) is 17.5 Å². The molecule has 0 saturated heterocycles. The van der Waals surface area contributed by atoms with Gasteiger partial charge in [0.2, 0.25) is 11.8 Å². The number of benzene rings is 1. The van der Waals surface area contributed by atoms with Crippen LogP contribution in [0.3, 0.4) is 0 Å². The van der Waals surface area contributed by atoms with E-state index < -0.39 is 0 Å². The normalized spacial score (nSPS) is 13.4. The van der Waals surface area contributed by atoms with Crippen molar-refractivity contribution in [1.29, 1.82) is 5.26 Å². The number of anilines is 1. The predicted octanol–water partition coefficient (Wildman–Crippen LogP) is 4.67. The molecule has 0 aliphatic heterocycles. The summed E-state index contributed by atoms with van der Waals surface area (Å²) in [7, 11) is 0. The summed E-state index contributed by atoms with van der Waals surface area (Å²) < 4.78 is 5.61. The fourth-order valence-electron chi connectivity index (χ4n) is 3.20. The summed E-state index contributed by atoms with van der Waals surface area (Å²) in [6.45, 7) is 0. The summed E-state index contributed by atoms with van der Waals surface area (Å²) >= 11 is 2.72. The smallest absolute Gasteiger partial charge is 0.277 e. The molecule has 0 bridgehead atoms. The number of fused-ring (bicyclic) bond motifs is 1. The predicted molar refractivity (Wildman–Crippen MR) is 109 cm³/mol. The Labute approximate surface area is 171 Å². The molecule has 0 radical (unpaired) electrons. The number of thioether (sulfide) groups is 1. The van der Waals surface area contributed by atoms with Crippen molar-refractivity contribution < 1.29 is 9.21 Å². The number of carbonyl (C=O) groups is 1. The number of hydrogen-bond acceptors (Lipinski definition) is 7. The molecule has 2 heterocycles. The molecule has 0 atom stereocenters. The summed E-state index contributed by atoms with van der Waals surface area (Å²) in [6.07, 6.45) is 5.35. The van der Waals surface area contributed by atoms with Crippen molar-refractivity contribution in [1.82, 2.24) is 10.2 Å². The molecule has 1 aliphatic rings. The van der Waals surface area contributed by atoms with Crippen molar-refractivity contribution in [2.45, 2.75) is 37.3 Å². The maximum Gasteiger partial charge on any atom is 0.277 e. The number of amides is 1. The molecule has 3 aromatic rings. The third-order valence-corrected chi connectivity index (χ3v) is 6.57. The third kappa shape index (κ3) is 4.11. The van der Waals surface area contributed by atoms with Gasteiger partial charge in [0.05, 0.1) is 11.3 Å². The minimum absolute atomic E-state index is 0.143. The van der Waals surface area contributed by atoms with E-state index in [2.05, 4.69) is 21.6 Å². The Morgan fingerprint density at radius 2 is 2.04 bits per heavy atom. The van der Waals surface area contributed by atoms with Crippen LogP contribution in [0.15, 0.2) is 40.0 Å². The molecule has 28 heavy (non-hydrogen) atoms. The molecular formula is C20H18N4O2S2. The molecule has 4 rings (SSSR count). The van der Waals surface area contributed by atoms with Crippen molar-refractivity contribution >= 4 is 34.0 Å². The van der Waals surface area contributed by atoms with Crippen molar-refractivity contribution in [3.05, 3.63) is 46.3 Å². The van der Waals surface area contributed by atoms with Crippen molar-refractivity contribution in [3.63, 3.8) is 0 Å². The van der Waals surface area contributed by atoms with Crippen LogP contribution in [-0.2, 0) is 17.6 Å². The Morgan fingerprint density at radius 3 is 2.86 bits per heavy atom. The van der Waals surface area contributed by atoms with Gasteiger partial charge in [-0.15, -0.1) is 21.5 Å². The van der Waals surface area contributed by atoms with E-state index in [1.165, 1.54) is 34.4 Å². The van der Waals surface area contributed by atoms with Gasteiger partial charge in [-0.05, 0) is 43.4 Å². The zero-order chi connectivity index (χ0) is 19.3. The minimum atomic E-state index is -0.183. The van der Waals surface area contributed by atoms with E-state index >= 15 is 0 Å². The molecule has 142 valence electrons. The minimum Gasteiger partial charge on any atom is -0.411 e. The first-order valence-electron chi connectivity index (χ1n) is 9.11. The van der Waals surface area contributed by atoms with Gasteiger partial charge in [0.25, 0.3) is 5.22 Å². The van der Waals surface area contributed by atoms with Crippen LogP contribution in [-0.4, -0.2) is 21.9 Å². The van der Waals surface area contributed by atoms with Gasteiger partial charge in [-0.1, -0.05) is 36.4 Å². The molecule has 0 spiro atoms. The first kappa shape index (κ1) is 18.7. The van der Waals surface area contributed by atoms with Crippen LogP contribution in [0.4, 0.5) is 5.00 Å². The van der Waals surface area contributed by atoms with Crippen LogP contribution in [0.25, 0.3) is 11.5 Å². The first-order valence-corrected chi connectivity index (χ1v) is 10.9. The molecule has 1 aliphatic carbocycles. The highest BCUT2D eigenvalue weighted by molar-refractivity contribution is 7.99. The maximum atomic E-state index is 12.4. The van der Waals surface area contributed by atoms with Crippen LogP contribution >= 0.6 is 23.1 Å². The average molecular weight is 411 g/mol. The zero-order valence-electron chi connectivity index (χ0n) is 15.1. The Hall–Kier alpha value is -2.63. The van der Waals surface area contributed by atoms with Gasteiger partial charge >= 0.3 is 0 Å². The second-order valence-electron chi connectivity index (χ2n) is 6.46. The summed E-state index contributed by atoms with van der Waals surface area (Å²) in [6, 6.07) is 11.8. The van der Waals surface area contributed by atoms with Crippen molar-refractivity contribution in [2.24, 2.45) is 0 Å². The lowest BCUT2D eigenvalue weighted by molar-refractivity contribution is -0.113. The molecule has 6 nitrogen and oxygen atoms in total. The number of aryl methyl sites for hydroxylation is 1. The van der Waals surface area contributed by atoms with E-state index in [1.807, 2.05) is 30.3 Å². The van der Waals surface area contributed by atoms with Gasteiger partial charge in [0.1, 0.15) is 11.1 Å². The fraction of sp³-hybridized carbons (Fsp3) is 0.300. The number of nitrogens with zero attached hydrogens (tertiary/aromatic N) is 3. The van der Waals surface area contributed by atoms with Crippen LogP contribution in [0, 0.1) is 11.3 Å². The fourth-order valence-corrected chi connectivity index (χ4v) is 5.02. The van der Waals surface area contributed by atoms with Crippen molar-refractivity contribution in [2.75, 3.05) is 11.1 Å². The van der Waals surface area contributed by atoms with Crippen LogP contribution < -0.4 is 5.32 Å². The number of carbonyl (C=O) groups excluding carboxylic acids is 1. The third-order valence-electron chi connectivity index (χ3n) is 4.54. The molecule has 0 fully saturated rings. The zero-order valence-corrected chi connectivity index (χ0v) is 16.7. The Kier molecular flexibility index (Phi) is 5.74. The molecule has 0 unspecified atom stereocenters. The van der Waals surface area contributed by atoms with Gasteiger partial charge in [0, 0.05) is 10.4 Å². The lowest BCUT2D eigenvalue weighted by Crippen LogP contribution is -2.14. The number of rotatable bonds is 5. The number of nitrogens with one attached hydrogen (secondary N) is 1. The van der Waals surface area contributed by atoms with E-state index in [1.54, 1.807) is 0 Å². The van der Waals surface area contributed by atoms with Gasteiger partial charge in [-0.2, -0.15) is 5.26 Å². The average Bonchev–Trinajstić information content (AvgIpc) is 3.25. The standard InChI is InChI=1S/C20H18N4O2S2/c21-11-15-14-9-5-2-6-10-16(14)28-19(15)22-17(25)12-27-20-24-23-18(26-20)13-7-3-1-4-8-13/h1,3-4,7-8H,2,5-6,9-10,12H2,(H,22,25). The Bertz CT molecular complexity index is 1020. The summed E-state index contributed by atoms with van der Waals surface area (Å²) in [5.74, 6) is 0.388. The SMILES string of the molecule is N#Cc1c(NC(=O)CSc2nnc(-c3ccccc3)o2)sc2c1CCCCC2. The summed E-state index contributed by atoms with van der Waals surface area (Å²) in [4.78, 5) is 13.6. The second-order valence-corrected chi connectivity index (χ2v) is 8.49. The molecular weight excluding hydrogens is 392 g/mol. The highest BCUT2D eigenvalue weighted by atomic mass is 32.2. The highest BCUT2D eigenvalue weighted by Crippen LogP contribution is 2.37. The topological polar surface area (TPSA) is 91.8 Å². The van der Waals surface area contributed by atoms with Gasteiger partial charge < -0.3 is 9.73 Å². The number of thiophene rings is 1. The van der Waals surface area contributed by atoms with E-state index in [4.69, 9.17) is 4.42 Å². The lowest BCUT2D eigenvalue weighted by Gasteiger charge is -2.02. The van der Waals surface area contributed by atoms with Crippen LogP contribution in [0.1, 0.15) is 35.3 Å². The second kappa shape index (κ2) is 8.59. The first-order chi connectivity index (χ1) is 13.7. The molecule has 0 saturated carbocycles. The van der Waals surface area contributed by atoms with E-state index in [-0.39, 0.29) is 11.7 Å². The molecule has 1 amide bonds. The maximum absolute atomic E-state index is 12.4. The van der Waals surface area contributed by atoms with E-state index in [9.17, 15) is 10.1 Å². The monoisotopic (exact) mass is 410 g/mol. The molecule has 1 aromatic carbocycles. The number of hydrogen-bond donors (Lipinski definition) is 1. The van der Waals surface area contributed by atoms with Gasteiger partial charge in [0.15, 0.2) is 0 Å². The number of nitriles is 1. The summed E-state index contributed by atoms with van der Waals surface area (Å²) in [5.41, 5.74) is 2.59. The van der Waals surface area contributed by atoms with Crippen LogP contribution in [0.2, 0.25) is 0 Å². The quantitative estimate of drug-likeness (QED) is 0.485. The largest absolute Gasteiger partial charge is 0.411 e. The van der Waals surface area contributed by atoms with E-state index in [0.717, 1.165) is 36.8 Å². The summed E-state index contributed by atoms with van der Waals surface area (Å²) in [5, 5.41) is 21.5. The van der Waals surface area contributed by atoms with E-state index in [0.29, 0.717) is 21.7 Å². The Morgan fingerprint density at radius 1 is 1.21 bits per heavy atom. The molecule has 2 aromatic heterocycles. The lowest BCUT2D eigenvalue weighted by atomic mass is 10.1. The molecule has 8 heteroatoms. The number of aromatic nitrogens is 2. The molecule has 1 N–H and O–H groups in total. The Balaban J connectivity index is 1.39.